The number of rotatable bonds is 4. The molecule has 3 heterocycles. The SMILES string of the molecule is COc1ncccc1-c1c[nH]c(=O)c2cc(-c3ccccc3)c(-c3ccccc3)nc12. The van der Waals surface area contributed by atoms with Crippen LogP contribution in [0, 0.1) is 0 Å². The van der Waals surface area contributed by atoms with Crippen LogP contribution in [0.2, 0.25) is 0 Å². The molecule has 0 bridgehead atoms. The summed E-state index contributed by atoms with van der Waals surface area (Å²) in [4.78, 5) is 25.0. The van der Waals surface area contributed by atoms with E-state index in [1.807, 2.05) is 78.9 Å². The molecule has 0 fully saturated rings. The van der Waals surface area contributed by atoms with Gasteiger partial charge in [-0.05, 0) is 23.8 Å². The fraction of sp³-hybridized carbons (Fsp3) is 0.0385. The molecule has 0 aliphatic carbocycles. The van der Waals surface area contributed by atoms with Crippen LogP contribution in [0.1, 0.15) is 0 Å². The van der Waals surface area contributed by atoms with Gasteiger partial charge in [-0.1, -0.05) is 60.7 Å². The Kier molecular flexibility index (Phi) is 4.77. The van der Waals surface area contributed by atoms with Gasteiger partial charge in [0.25, 0.3) is 5.56 Å². The molecule has 0 amide bonds. The van der Waals surface area contributed by atoms with Gasteiger partial charge in [0.05, 0.1) is 23.7 Å². The Bertz CT molecular complexity index is 1430. The van der Waals surface area contributed by atoms with Crippen molar-refractivity contribution < 1.29 is 4.74 Å². The summed E-state index contributed by atoms with van der Waals surface area (Å²) in [5, 5.41) is 0.516. The highest BCUT2D eigenvalue weighted by Gasteiger charge is 2.18. The fourth-order valence-electron chi connectivity index (χ4n) is 3.79. The van der Waals surface area contributed by atoms with Crippen molar-refractivity contribution in [2.45, 2.75) is 0 Å². The van der Waals surface area contributed by atoms with Crippen LogP contribution in [-0.2, 0) is 0 Å². The van der Waals surface area contributed by atoms with Gasteiger partial charge in [-0.15, -0.1) is 0 Å². The Morgan fingerprint density at radius 3 is 2.23 bits per heavy atom. The quantitative estimate of drug-likeness (QED) is 0.439. The van der Waals surface area contributed by atoms with E-state index in [1.165, 1.54) is 0 Å². The largest absolute Gasteiger partial charge is 0.481 e. The topological polar surface area (TPSA) is 67.9 Å². The Labute approximate surface area is 179 Å². The summed E-state index contributed by atoms with van der Waals surface area (Å²) >= 11 is 0. The van der Waals surface area contributed by atoms with Gasteiger partial charge in [0.15, 0.2) is 0 Å². The van der Waals surface area contributed by atoms with Crippen LogP contribution in [0.25, 0.3) is 44.4 Å². The lowest BCUT2D eigenvalue weighted by Gasteiger charge is -2.14. The zero-order valence-corrected chi connectivity index (χ0v) is 16.9. The summed E-state index contributed by atoms with van der Waals surface area (Å²) in [5.41, 5.74) is 5.64. The molecule has 5 heteroatoms. The summed E-state index contributed by atoms with van der Waals surface area (Å²) in [7, 11) is 1.58. The molecule has 0 saturated heterocycles. The van der Waals surface area contributed by atoms with Crippen molar-refractivity contribution in [2.75, 3.05) is 7.11 Å². The van der Waals surface area contributed by atoms with E-state index in [1.54, 1.807) is 19.5 Å². The zero-order valence-electron chi connectivity index (χ0n) is 16.9. The lowest BCUT2D eigenvalue weighted by molar-refractivity contribution is 0.399. The normalized spacial score (nSPS) is 10.9. The third kappa shape index (κ3) is 3.36. The van der Waals surface area contributed by atoms with Crippen molar-refractivity contribution in [1.82, 2.24) is 15.0 Å². The molecular formula is C26H19N3O2. The average molecular weight is 405 g/mol. The number of aromatic nitrogens is 3. The van der Waals surface area contributed by atoms with Crippen molar-refractivity contribution in [3.8, 4) is 39.4 Å². The first-order valence-electron chi connectivity index (χ1n) is 9.93. The Hall–Kier alpha value is -4.25. The standard InChI is InChI=1S/C26H19N3O2/c1-31-26-19(13-8-14-27-26)22-16-28-25(30)21-15-20(17-9-4-2-5-10-17)23(29-24(21)22)18-11-6-3-7-12-18/h2-16H,1H3,(H,28,30). The van der Waals surface area contributed by atoms with Crippen LogP contribution in [0.3, 0.4) is 0 Å². The lowest BCUT2D eigenvalue weighted by Crippen LogP contribution is -2.08. The number of ether oxygens (including phenoxy) is 1. The summed E-state index contributed by atoms with van der Waals surface area (Å²) in [6.07, 6.45) is 3.35. The highest BCUT2D eigenvalue weighted by Crippen LogP contribution is 2.36. The van der Waals surface area contributed by atoms with E-state index in [2.05, 4.69) is 9.97 Å². The van der Waals surface area contributed by atoms with Crippen molar-refractivity contribution in [3.05, 3.63) is 102 Å². The fourth-order valence-corrected chi connectivity index (χ4v) is 3.79. The van der Waals surface area contributed by atoms with Crippen molar-refractivity contribution in [3.63, 3.8) is 0 Å². The number of benzene rings is 2. The molecule has 1 N–H and O–H groups in total. The molecule has 150 valence electrons. The molecule has 5 nitrogen and oxygen atoms in total. The zero-order chi connectivity index (χ0) is 21.2. The molecule has 2 aromatic carbocycles. The molecule has 0 aliphatic heterocycles. The minimum absolute atomic E-state index is 0.189. The molecule has 5 aromatic rings. The van der Waals surface area contributed by atoms with Crippen molar-refractivity contribution in [2.24, 2.45) is 0 Å². The van der Waals surface area contributed by atoms with Crippen molar-refractivity contribution in [1.29, 1.82) is 0 Å². The maximum Gasteiger partial charge on any atom is 0.257 e. The Morgan fingerprint density at radius 2 is 1.52 bits per heavy atom. The second-order valence-electron chi connectivity index (χ2n) is 7.10. The molecule has 0 atom stereocenters. The maximum absolute atomic E-state index is 12.8. The number of nitrogens with one attached hydrogen (secondary N) is 1. The molecular weight excluding hydrogens is 386 g/mol. The first-order valence-corrected chi connectivity index (χ1v) is 9.93. The molecule has 0 unspecified atom stereocenters. The van der Waals surface area contributed by atoms with E-state index in [4.69, 9.17) is 9.72 Å². The predicted octanol–water partition coefficient (Wildman–Crippen LogP) is 5.33. The number of H-pyrrole nitrogens is 1. The Balaban J connectivity index is 1.88. The number of aromatic amines is 1. The van der Waals surface area contributed by atoms with Gasteiger partial charge in [-0.3, -0.25) is 4.79 Å². The van der Waals surface area contributed by atoms with Crippen LogP contribution < -0.4 is 10.3 Å². The number of hydrogen-bond acceptors (Lipinski definition) is 4. The van der Waals surface area contributed by atoms with E-state index < -0.39 is 0 Å². The van der Waals surface area contributed by atoms with Crippen LogP contribution in [0.5, 0.6) is 5.88 Å². The molecule has 3 aromatic heterocycles. The molecule has 5 rings (SSSR count). The van der Waals surface area contributed by atoms with E-state index in [9.17, 15) is 4.79 Å². The summed E-state index contributed by atoms with van der Waals surface area (Å²) in [6, 6.07) is 25.7. The second kappa shape index (κ2) is 7.88. The van der Waals surface area contributed by atoms with Crippen LogP contribution in [0.15, 0.2) is 96.1 Å². The van der Waals surface area contributed by atoms with Gasteiger partial charge in [-0.2, -0.15) is 0 Å². The van der Waals surface area contributed by atoms with E-state index in [-0.39, 0.29) is 5.56 Å². The maximum atomic E-state index is 12.8. The van der Waals surface area contributed by atoms with Crippen molar-refractivity contribution >= 4 is 10.9 Å². The van der Waals surface area contributed by atoms with Crippen LogP contribution >= 0.6 is 0 Å². The molecule has 0 spiro atoms. The predicted molar refractivity (Wildman–Crippen MR) is 123 cm³/mol. The monoisotopic (exact) mass is 405 g/mol. The number of methoxy groups -OCH3 is 1. The van der Waals surface area contributed by atoms with E-state index in [0.717, 1.165) is 33.5 Å². The van der Waals surface area contributed by atoms with Gasteiger partial charge >= 0.3 is 0 Å². The summed E-state index contributed by atoms with van der Waals surface area (Å²) in [5.74, 6) is 0.478. The van der Waals surface area contributed by atoms with Gasteiger partial charge in [0.1, 0.15) is 0 Å². The number of hydrogen-bond donors (Lipinski definition) is 1. The number of pyridine rings is 3. The van der Waals surface area contributed by atoms with Crippen LogP contribution in [0.4, 0.5) is 0 Å². The third-order valence-corrected chi connectivity index (χ3v) is 5.26. The first-order chi connectivity index (χ1) is 15.3. The number of nitrogens with zero attached hydrogens (tertiary/aromatic N) is 2. The van der Waals surface area contributed by atoms with Gasteiger partial charge in [0, 0.05) is 34.6 Å². The average Bonchev–Trinajstić information content (AvgIpc) is 2.85. The minimum Gasteiger partial charge on any atom is -0.481 e. The third-order valence-electron chi connectivity index (χ3n) is 5.26. The minimum atomic E-state index is -0.189. The molecule has 0 aliphatic rings. The summed E-state index contributed by atoms with van der Waals surface area (Å²) < 4.78 is 5.46. The van der Waals surface area contributed by atoms with E-state index >= 15 is 0 Å². The van der Waals surface area contributed by atoms with E-state index in [0.29, 0.717) is 16.8 Å². The second-order valence-corrected chi connectivity index (χ2v) is 7.10. The smallest absolute Gasteiger partial charge is 0.257 e. The van der Waals surface area contributed by atoms with Gasteiger partial charge in [0.2, 0.25) is 5.88 Å². The van der Waals surface area contributed by atoms with Gasteiger partial charge < -0.3 is 9.72 Å². The summed E-state index contributed by atoms with van der Waals surface area (Å²) in [6.45, 7) is 0. The lowest BCUT2D eigenvalue weighted by atomic mass is 9.96. The van der Waals surface area contributed by atoms with Gasteiger partial charge in [-0.25, -0.2) is 9.97 Å². The molecule has 31 heavy (non-hydrogen) atoms. The molecule has 0 saturated carbocycles. The molecule has 0 radical (unpaired) electrons. The highest BCUT2D eigenvalue weighted by molar-refractivity contribution is 5.99. The number of fused-ring (bicyclic) bond motifs is 1. The highest BCUT2D eigenvalue weighted by atomic mass is 16.5. The Morgan fingerprint density at radius 1 is 0.806 bits per heavy atom. The van der Waals surface area contributed by atoms with Crippen LogP contribution in [-0.4, -0.2) is 22.1 Å². The first kappa shape index (κ1) is 18.8.